The zero-order chi connectivity index (χ0) is 22.8. The fourth-order valence-corrected chi connectivity index (χ4v) is 4.90. The Morgan fingerprint density at radius 3 is 2.69 bits per heavy atom. The topological polar surface area (TPSA) is 65.8 Å². The molecule has 0 bridgehead atoms. The van der Waals surface area contributed by atoms with Crippen molar-refractivity contribution in [1.29, 1.82) is 0 Å². The summed E-state index contributed by atoms with van der Waals surface area (Å²) in [4.78, 5) is 26.2. The zero-order valence-corrected chi connectivity index (χ0v) is 20.1. The highest BCUT2D eigenvalue weighted by atomic mass is 32.1. The van der Waals surface area contributed by atoms with Crippen molar-refractivity contribution in [2.75, 3.05) is 44.4 Å². The molecule has 5 rings (SSSR count). The van der Waals surface area contributed by atoms with Gasteiger partial charge in [-0.05, 0) is 64.2 Å². The normalized spacial score (nSPS) is 15.9. The first-order valence-electron chi connectivity index (χ1n) is 10.8. The highest BCUT2D eigenvalue weighted by Gasteiger charge is 2.25. The number of pyridine rings is 2. The van der Waals surface area contributed by atoms with Crippen molar-refractivity contribution in [3.63, 3.8) is 0 Å². The summed E-state index contributed by atoms with van der Waals surface area (Å²) in [7, 11) is 6.17. The minimum absolute atomic E-state index is 0.603. The number of carbonyl (C=O) groups excluding carboxylic acids is 1. The fourth-order valence-electron chi connectivity index (χ4n) is 4.06. The maximum absolute atomic E-state index is 10.8. The van der Waals surface area contributed by atoms with E-state index in [2.05, 4.69) is 68.7 Å². The molecule has 4 aromatic heterocycles. The minimum Gasteiger partial charge on any atom is -0.387 e. The van der Waals surface area contributed by atoms with Gasteiger partial charge in [-0.3, -0.25) is 4.79 Å². The molecule has 1 aliphatic rings. The summed E-state index contributed by atoms with van der Waals surface area (Å²) in [6, 6.07) is 8.72. The average Bonchev–Trinajstić information content (AvgIpc) is 3.50. The second-order valence-corrected chi connectivity index (χ2v) is 9.52. The van der Waals surface area contributed by atoms with Crippen LogP contribution in [0.3, 0.4) is 0 Å². The number of carbonyl (C=O) groups is 1. The molecule has 32 heavy (non-hydrogen) atoms. The van der Waals surface area contributed by atoms with Gasteiger partial charge in [0.15, 0.2) is 6.29 Å². The van der Waals surface area contributed by atoms with E-state index in [-0.39, 0.29) is 0 Å². The number of aldehydes is 1. The van der Waals surface area contributed by atoms with Gasteiger partial charge in [-0.15, -0.1) is 11.3 Å². The maximum atomic E-state index is 10.8. The van der Waals surface area contributed by atoms with Gasteiger partial charge in [0.25, 0.3) is 0 Å². The number of anilines is 2. The molecule has 1 fully saturated rings. The number of fused-ring (bicyclic) bond motifs is 2. The van der Waals surface area contributed by atoms with Gasteiger partial charge in [-0.1, -0.05) is 0 Å². The van der Waals surface area contributed by atoms with Crippen LogP contribution in [-0.2, 0) is 0 Å². The van der Waals surface area contributed by atoms with Crippen molar-refractivity contribution >= 4 is 45.0 Å². The van der Waals surface area contributed by atoms with Gasteiger partial charge in [-0.25, -0.2) is 9.97 Å². The van der Waals surface area contributed by atoms with Crippen LogP contribution in [0.5, 0.6) is 0 Å². The third-order valence-electron chi connectivity index (χ3n) is 5.87. The van der Waals surface area contributed by atoms with Crippen LogP contribution < -0.4 is 10.2 Å². The van der Waals surface area contributed by atoms with E-state index in [4.69, 9.17) is 0 Å². The first kappa shape index (κ1) is 22.2. The third-order valence-corrected chi connectivity index (χ3v) is 6.84. The molecule has 1 saturated heterocycles. The van der Waals surface area contributed by atoms with Crippen molar-refractivity contribution in [1.82, 2.24) is 19.3 Å². The molecule has 5 heterocycles. The zero-order valence-electron chi connectivity index (χ0n) is 19.3. The second kappa shape index (κ2) is 9.26. The Kier molecular flexibility index (Phi) is 6.43. The summed E-state index contributed by atoms with van der Waals surface area (Å²) in [5.74, 6) is 1.02. The van der Waals surface area contributed by atoms with Gasteiger partial charge < -0.3 is 19.5 Å². The molecule has 168 valence electrons. The number of imidazole rings is 1. The lowest BCUT2D eigenvalue weighted by Gasteiger charge is -2.21. The first-order valence-corrected chi connectivity index (χ1v) is 11.6. The Labute approximate surface area is 192 Å². The highest BCUT2D eigenvalue weighted by Crippen LogP contribution is 2.27. The molecule has 7 nitrogen and oxygen atoms in total. The number of nitrogens with one attached hydrogen (secondary N) is 1. The number of aryl methyl sites for hydroxylation is 2. The summed E-state index contributed by atoms with van der Waals surface area (Å²) in [6.45, 7) is 6.15. The van der Waals surface area contributed by atoms with E-state index in [0.29, 0.717) is 6.04 Å². The monoisotopic (exact) mass is 450 g/mol. The van der Waals surface area contributed by atoms with Crippen LogP contribution in [0.15, 0.2) is 36.7 Å². The number of rotatable bonds is 4. The van der Waals surface area contributed by atoms with Crippen LogP contribution in [-0.4, -0.2) is 65.8 Å². The standard InChI is InChI=1S/C14H17N3OS.C10H13N3/c1-16(2)11-5-6-17(8-11)13-4-3-10-7-12(9-18)19-14(10)15-13;1-7-4-9(11-3)6-13-5-8(2)12-10(7)13/h3-4,7,9,11H,5-6,8H2,1-2H3;4-6,11H,1-3H3. The largest absolute Gasteiger partial charge is 0.387 e. The lowest BCUT2D eigenvalue weighted by Crippen LogP contribution is -2.31. The summed E-state index contributed by atoms with van der Waals surface area (Å²) in [5, 5.41) is 4.18. The second-order valence-electron chi connectivity index (χ2n) is 8.46. The molecule has 1 N–H and O–H groups in total. The molecule has 0 amide bonds. The Bertz CT molecular complexity index is 1240. The summed E-state index contributed by atoms with van der Waals surface area (Å²) < 4.78 is 2.05. The van der Waals surface area contributed by atoms with Gasteiger partial charge in [0.05, 0.1) is 16.3 Å². The van der Waals surface area contributed by atoms with Crippen molar-refractivity contribution in [2.45, 2.75) is 26.3 Å². The van der Waals surface area contributed by atoms with E-state index in [1.165, 1.54) is 23.3 Å². The van der Waals surface area contributed by atoms with Crippen LogP contribution >= 0.6 is 11.3 Å². The van der Waals surface area contributed by atoms with E-state index in [1.807, 2.05) is 32.4 Å². The number of likely N-dealkylation sites (N-methyl/N-ethyl adjacent to an activating group) is 1. The Morgan fingerprint density at radius 2 is 2.00 bits per heavy atom. The smallest absolute Gasteiger partial charge is 0.160 e. The molecular formula is C24H30N6OS. The fraction of sp³-hybridized carbons (Fsp3) is 0.375. The van der Waals surface area contributed by atoms with Crippen LogP contribution in [0.4, 0.5) is 11.5 Å². The lowest BCUT2D eigenvalue weighted by molar-refractivity contribution is 0.112. The Hall–Kier alpha value is -2.97. The molecule has 8 heteroatoms. The molecule has 0 radical (unpaired) electrons. The molecule has 0 aromatic carbocycles. The van der Waals surface area contributed by atoms with Crippen molar-refractivity contribution < 1.29 is 4.79 Å². The van der Waals surface area contributed by atoms with Gasteiger partial charge in [0, 0.05) is 44.0 Å². The molecule has 1 aliphatic heterocycles. The molecule has 1 atom stereocenters. The number of aromatic nitrogens is 3. The van der Waals surface area contributed by atoms with Crippen molar-refractivity contribution in [3.8, 4) is 0 Å². The Balaban J connectivity index is 0.000000165. The SMILES string of the molecule is CN(C)C1CCN(c2ccc3cc(C=O)sc3n2)C1.CNc1cc(C)c2nc(C)cn2c1. The van der Waals surface area contributed by atoms with Crippen LogP contribution in [0.2, 0.25) is 0 Å². The Morgan fingerprint density at radius 1 is 1.19 bits per heavy atom. The van der Waals surface area contributed by atoms with Crippen LogP contribution in [0, 0.1) is 13.8 Å². The summed E-state index contributed by atoms with van der Waals surface area (Å²) in [5.41, 5.74) is 4.40. The van der Waals surface area contributed by atoms with E-state index in [9.17, 15) is 4.79 Å². The molecular weight excluding hydrogens is 420 g/mol. The van der Waals surface area contributed by atoms with Crippen LogP contribution in [0.1, 0.15) is 27.3 Å². The van der Waals surface area contributed by atoms with E-state index in [1.54, 1.807) is 0 Å². The number of hydrogen-bond acceptors (Lipinski definition) is 7. The van der Waals surface area contributed by atoms with Crippen molar-refractivity contribution in [2.24, 2.45) is 0 Å². The number of thiophene rings is 1. The molecule has 0 spiro atoms. The van der Waals surface area contributed by atoms with Gasteiger partial charge >= 0.3 is 0 Å². The first-order chi connectivity index (χ1) is 15.4. The predicted molar refractivity (Wildman–Crippen MR) is 134 cm³/mol. The number of hydrogen-bond donors (Lipinski definition) is 1. The lowest BCUT2D eigenvalue weighted by atomic mass is 10.2. The quantitative estimate of drug-likeness (QED) is 0.469. The summed E-state index contributed by atoms with van der Waals surface area (Å²) >= 11 is 1.46. The van der Waals surface area contributed by atoms with E-state index < -0.39 is 0 Å². The van der Waals surface area contributed by atoms with Crippen molar-refractivity contribution in [3.05, 3.63) is 52.8 Å². The average molecular weight is 451 g/mol. The highest BCUT2D eigenvalue weighted by molar-refractivity contribution is 7.20. The minimum atomic E-state index is 0.603. The number of nitrogens with zero attached hydrogens (tertiary/aromatic N) is 5. The van der Waals surface area contributed by atoms with E-state index in [0.717, 1.165) is 57.3 Å². The van der Waals surface area contributed by atoms with Gasteiger partial charge in [0.2, 0.25) is 0 Å². The molecule has 0 aliphatic carbocycles. The predicted octanol–water partition coefficient (Wildman–Crippen LogP) is 4.24. The van der Waals surface area contributed by atoms with Crippen LogP contribution in [0.25, 0.3) is 15.9 Å². The molecule has 0 saturated carbocycles. The summed E-state index contributed by atoms with van der Waals surface area (Å²) in [6.07, 6.45) is 6.15. The maximum Gasteiger partial charge on any atom is 0.160 e. The molecule has 1 unspecified atom stereocenters. The molecule has 4 aromatic rings. The van der Waals surface area contributed by atoms with Gasteiger partial charge in [-0.2, -0.15) is 0 Å². The van der Waals surface area contributed by atoms with Gasteiger partial charge in [0.1, 0.15) is 16.3 Å². The third kappa shape index (κ3) is 4.61. The van der Waals surface area contributed by atoms with E-state index >= 15 is 0 Å².